The summed E-state index contributed by atoms with van der Waals surface area (Å²) < 4.78 is 7.91. The number of hydrogen-bond donors (Lipinski definition) is 0. The summed E-state index contributed by atoms with van der Waals surface area (Å²) >= 11 is 0. The van der Waals surface area contributed by atoms with Crippen molar-refractivity contribution in [3.05, 3.63) is 96.6 Å². The molecule has 3 aromatic carbocycles. The summed E-state index contributed by atoms with van der Waals surface area (Å²) in [6, 6.07) is 30.7. The first-order valence-electron chi connectivity index (χ1n) is 9.64. The maximum absolute atomic E-state index is 5.97. The van der Waals surface area contributed by atoms with Crippen LogP contribution in [0.1, 0.15) is 5.56 Å². The van der Waals surface area contributed by atoms with Crippen LogP contribution in [-0.4, -0.2) is 14.8 Å². The van der Waals surface area contributed by atoms with Gasteiger partial charge in [0.2, 0.25) is 0 Å². The van der Waals surface area contributed by atoms with Crippen molar-refractivity contribution in [3.8, 4) is 34.0 Å². The molecule has 0 radical (unpaired) electrons. The Balaban J connectivity index is 1.68. The number of fused-ring (bicyclic) bond motifs is 4. The Morgan fingerprint density at radius 2 is 1.48 bits per heavy atom. The second-order valence-electron chi connectivity index (χ2n) is 7.11. The van der Waals surface area contributed by atoms with Crippen molar-refractivity contribution in [2.45, 2.75) is 6.61 Å². The quantitative estimate of drug-likeness (QED) is 0.400. The summed E-state index contributed by atoms with van der Waals surface area (Å²) in [5.41, 5.74) is 6.93. The Kier molecular flexibility index (Phi) is 3.50. The smallest absolute Gasteiger partial charge is 0.164 e. The number of nitrogens with zero attached hydrogens (tertiary/aromatic N) is 3. The highest BCUT2D eigenvalue weighted by atomic mass is 16.5. The van der Waals surface area contributed by atoms with Crippen molar-refractivity contribution in [2.75, 3.05) is 0 Å². The molecule has 0 atom stereocenters. The molecule has 0 saturated carbocycles. The number of para-hydroxylation sites is 2. The largest absolute Gasteiger partial charge is 0.488 e. The Morgan fingerprint density at radius 3 is 2.31 bits per heavy atom. The van der Waals surface area contributed by atoms with Crippen LogP contribution < -0.4 is 4.74 Å². The molecule has 2 aromatic heterocycles. The normalized spacial score (nSPS) is 12.3. The highest BCUT2D eigenvalue weighted by molar-refractivity contribution is 5.94. The molecule has 0 aliphatic carbocycles. The van der Waals surface area contributed by atoms with Crippen molar-refractivity contribution in [3.63, 3.8) is 0 Å². The third-order valence-corrected chi connectivity index (χ3v) is 5.31. The summed E-state index contributed by atoms with van der Waals surface area (Å²) in [6.45, 7) is 0.514. The van der Waals surface area contributed by atoms with E-state index in [0.717, 1.165) is 50.5 Å². The van der Waals surface area contributed by atoms with E-state index in [-0.39, 0.29) is 0 Å². The minimum atomic E-state index is 0.514. The van der Waals surface area contributed by atoms with E-state index in [1.165, 1.54) is 0 Å². The molecule has 0 fully saturated rings. The third kappa shape index (κ3) is 2.53. The van der Waals surface area contributed by atoms with Crippen LogP contribution in [-0.2, 0) is 6.61 Å². The molecule has 0 bridgehead atoms. The Bertz CT molecular complexity index is 1340. The van der Waals surface area contributed by atoms with Gasteiger partial charge in [0, 0.05) is 22.1 Å². The van der Waals surface area contributed by atoms with Crippen LogP contribution in [0.2, 0.25) is 0 Å². The lowest BCUT2D eigenvalue weighted by Gasteiger charge is -2.20. The van der Waals surface area contributed by atoms with Gasteiger partial charge in [0.05, 0.1) is 11.4 Å². The summed E-state index contributed by atoms with van der Waals surface area (Å²) in [6.07, 6.45) is 0. The summed E-state index contributed by atoms with van der Waals surface area (Å²) in [7, 11) is 0. The maximum Gasteiger partial charge on any atom is 0.164 e. The van der Waals surface area contributed by atoms with Gasteiger partial charge in [-0.05, 0) is 30.3 Å². The van der Waals surface area contributed by atoms with E-state index in [2.05, 4.69) is 36.4 Å². The number of hydrogen-bond acceptors (Lipinski definition) is 3. The van der Waals surface area contributed by atoms with Gasteiger partial charge in [-0.15, -0.1) is 0 Å². The Labute approximate surface area is 168 Å². The molecule has 6 rings (SSSR count). The molecule has 29 heavy (non-hydrogen) atoms. The van der Waals surface area contributed by atoms with Crippen LogP contribution in [0.5, 0.6) is 5.75 Å². The van der Waals surface area contributed by atoms with E-state index in [1.807, 2.05) is 59.3 Å². The molecule has 5 aromatic rings. The second-order valence-corrected chi connectivity index (χ2v) is 7.11. The van der Waals surface area contributed by atoms with Gasteiger partial charge in [-0.2, -0.15) is 5.10 Å². The first kappa shape index (κ1) is 16.1. The van der Waals surface area contributed by atoms with Gasteiger partial charge in [-0.3, -0.25) is 0 Å². The predicted molar refractivity (Wildman–Crippen MR) is 114 cm³/mol. The average molecular weight is 375 g/mol. The molecular weight excluding hydrogens is 358 g/mol. The molecule has 138 valence electrons. The minimum Gasteiger partial charge on any atom is -0.488 e. The summed E-state index contributed by atoms with van der Waals surface area (Å²) in [5.74, 6) is 0.876. The standard InChI is InChI=1S/C25H17N3O/c1-3-9-17(10-4-1)24-21-15-18-16-29-22-14-8-7-13-20(22)23(18)26-25(21)28(27-24)19-11-5-2-6-12-19/h1-15H,16H2. The molecular formula is C25H17N3O. The summed E-state index contributed by atoms with van der Waals surface area (Å²) in [5, 5.41) is 6.00. The fourth-order valence-corrected chi connectivity index (χ4v) is 3.93. The van der Waals surface area contributed by atoms with Crippen molar-refractivity contribution in [1.82, 2.24) is 14.8 Å². The van der Waals surface area contributed by atoms with E-state index in [4.69, 9.17) is 14.8 Å². The zero-order valence-electron chi connectivity index (χ0n) is 15.6. The fraction of sp³-hybridized carbons (Fsp3) is 0.0400. The highest BCUT2D eigenvalue weighted by Gasteiger charge is 2.23. The lowest BCUT2D eigenvalue weighted by Crippen LogP contribution is -2.08. The van der Waals surface area contributed by atoms with E-state index < -0.39 is 0 Å². The van der Waals surface area contributed by atoms with Crippen LogP contribution in [0.3, 0.4) is 0 Å². The summed E-state index contributed by atoms with van der Waals surface area (Å²) in [4.78, 5) is 5.10. The zero-order chi connectivity index (χ0) is 19.2. The van der Waals surface area contributed by atoms with E-state index in [9.17, 15) is 0 Å². The van der Waals surface area contributed by atoms with Gasteiger partial charge in [0.15, 0.2) is 5.65 Å². The van der Waals surface area contributed by atoms with Gasteiger partial charge >= 0.3 is 0 Å². The average Bonchev–Trinajstić information content (AvgIpc) is 3.17. The second kappa shape index (κ2) is 6.31. The van der Waals surface area contributed by atoms with Gasteiger partial charge in [0.25, 0.3) is 0 Å². The molecule has 4 heteroatoms. The molecule has 0 amide bonds. The van der Waals surface area contributed by atoms with Crippen LogP contribution in [0, 0.1) is 0 Å². The molecule has 0 unspecified atom stereocenters. The van der Waals surface area contributed by atoms with Crippen LogP contribution in [0.25, 0.3) is 39.2 Å². The van der Waals surface area contributed by atoms with E-state index in [0.29, 0.717) is 6.61 Å². The lowest BCUT2D eigenvalue weighted by atomic mass is 10.0. The maximum atomic E-state index is 5.97. The molecule has 1 aliphatic heterocycles. The van der Waals surface area contributed by atoms with Crippen molar-refractivity contribution < 1.29 is 4.74 Å². The Morgan fingerprint density at radius 1 is 0.759 bits per heavy atom. The van der Waals surface area contributed by atoms with Gasteiger partial charge in [-0.1, -0.05) is 60.7 Å². The molecule has 1 aliphatic rings. The van der Waals surface area contributed by atoms with Gasteiger partial charge in [-0.25, -0.2) is 9.67 Å². The minimum absolute atomic E-state index is 0.514. The topological polar surface area (TPSA) is 39.9 Å². The molecule has 3 heterocycles. The number of rotatable bonds is 2. The van der Waals surface area contributed by atoms with Crippen molar-refractivity contribution in [2.24, 2.45) is 0 Å². The number of ether oxygens (including phenoxy) is 1. The first-order chi connectivity index (χ1) is 14.4. The van der Waals surface area contributed by atoms with Crippen molar-refractivity contribution in [1.29, 1.82) is 0 Å². The third-order valence-electron chi connectivity index (χ3n) is 5.31. The lowest BCUT2D eigenvalue weighted by molar-refractivity contribution is 0.302. The SMILES string of the molecule is c1ccc(-c2nn(-c3ccccc3)c3nc4c(cc23)COc2ccccc2-4)cc1. The number of benzene rings is 3. The molecule has 0 spiro atoms. The van der Waals surface area contributed by atoms with Crippen LogP contribution >= 0.6 is 0 Å². The molecule has 0 N–H and O–H groups in total. The van der Waals surface area contributed by atoms with Gasteiger partial charge in [0.1, 0.15) is 18.1 Å². The molecule has 4 nitrogen and oxygen atoms in total. The van der Waals surface area contributed by atoms with Crippen LogP contribution in [0.4, 0.5) is 0 Å². The predicted octanol–water partition coefficient (Wildman–Crippen LogP) is 5.65. The monoisotopic (exact) mass is 375 g/mol. The van der Waals surface area contributed by atoms with Crippen molar-refractivity contribution >= 4 is 11.0 Å². The Hall–Kier alpha value is -3.92. The van der Waals surface area contributed by atoms with Crippen LogP contribution in [0.15, 0.2) is 91.0 Å². The number of aromatic nitrogens is 3. The zero-order valence-corrected chi connectivity index (χ0v) is 15.6. The van der Waals surface area contributed by atoms with E-state index in [1.54, 1.807) is 0 Å². The van der Waals surface area contributed by atoms with Gasteiger partial charge < -0.3 is 4.74 Å². The highest BCUT2D eigenvalue weighted by Crippen LogP contribution is 2.39. The van der Waals surface area contributed by atoms with E-state index >= 15 is 0 Å². The first-order valence-corrected chi connectivity index (χ1v) is 9.64. The molecule has 0 saturated heterocycles. The fourth-order valence-electron chi connectivity index (χ4n) is 3.93. The number of pyridine rings is 1.